The molecule has 0 nitrogen and oxygen atoms in total. The van der Waals surface area contributed by atoms with Crippen molar-refractivity contribution in [2.24, 2.45) is 0 Å². The van der Waals surface area contributed by atoms with Crippen LogP contribution in [0.1, 0.15) is 22.3 Å². The summed E-state index contributed by atoms with van der Waals surface area (Å²) in [7, 11) is 0. The van der Waals surface area contributed by atoms with Crippen LogP contribution in [-0.4, -0.2) is 19.0 Å². The van der Waals surface area contributed by atoms with Crippen LogP contribution in [0, 0.1) is 13.8 Å². The SMILES string of the molecule is Cc1cc(C(F)(CF)C(F)(F)F)c(C)cc1C(F)(F)C(F)(F)F. The molecule has 0 bridgehead atoms. The van der Waals surface area contributed by atoms with Crippen LogP contribution in [0.15, 0.2) is 12.1 Å². The predicted molar refractivity (Wildman–Crippen MR) is 60.7 cm³/mol. The minimum absolute atomic E-state index is 0.0912. The van der Waals surface area contributed by atoms with Gasteiger partial charge in [0.1, 0.15) is 6.67 Å². The zero-order valence-corrected chi connectivity index (χ0v) is 11.6. The third kappa shape index (κ3) is 3.12. The molecule has 1 aromatic rings. The Balaban J connectivity index is 3.60. The summed E-state index contributed by atoms with van der Waals surface area (Å²) in [4.78, 5) is 0. The Kier molecular flexibility index (Phi) is 4.72. The molecule has 0 aromatic heterocycles. The van der Waals surface area contributed by atoms with E-state index in [9.17, 15) is 43.9 Å². The van der Waals surface area contributed by atoms with Crippen molar-refractivity contribution in [2.45, 2.75) is 37.8 Å². The molecule has 0 radical (unpaired) electrons. The van der Waals surface area contributed by atoms with E-state index in [0.29, 0.717) is 13.8 Å². The maximum absolute atomic E-state index is 14.0. The quantitative estimate of drug-likeness (QED) is 0.614. The van der Waals surface area contributed by atoms with Gasteiger partial charge in [-0.25, -0.2) is 8.78 Å². The molecule has 1 rings (SSSR count). The van der Waals surface area contributed by atoms with Crippen LogP contribution < -0.4 is 0 Å². The van der Waals surface area contributed by atoms with Gasteiger partial charge in [0.25, 0.3) is 5.67 Å². The van der Waals surface area contributed by atoms with E-state index in [2.05, 4.69) is 0 Å². The lowest BCUT2D eigenvalue weighted by molar-refractivity contribution is -0.289. The lowest BCUT2D eigenvalue weighted by Gasteiger charge is -2.29. The lowest BCUT2D eigenvalue weighted by atomic mass is 9.87. The molecule has 0 saturated heterocycles. The normalized spacial score (nSPS) is 16.3. The fourth-order valence-corrected chi connectivity index (χ4v) is 2.03. The molecule has 0 N–H and O–H groups in total. The Morgan fingerprint density at radius 3 is 1.43 bits per heavy atom. The summed E-state index contributed by atoms with van der Waals surface area (Å²) >= 11 is 0. The van der Waals surface area contributed by atoms with Gasteiger partial charge in [0.15, 0.2) is 0 Å². The first-order valence-electron chi connectivity index (χ1n) is 5.98. The van der Waals surface area contributed by atoms with Gasteiger partial charge in [-0.05, 0) is 31.0 Å². The smallest absolute Gasteiger partial charge is 0.247 e. The first-order valence-corrected chi connectivity index (χ1v) is 5.98. The predicted octanol–water partition coefficient (Wildman–Crippen LogP) is 5.65. The molecule has 1 unspecified atom stereocenters. The van der Waals surface area contributed by atoms with E-state index in [1.807, 2.05) is 0 Å². The Bertz CT molecular complexity index is 584. The average molecular weight is 356 g/mol. The highest BCUT2D eigenvalue weighted by Crippen LogP contribution is 2.48. The average Bonchev–Trinajstić information content (AvgIpc) is 2.37. The number of rotatable bonds is 3. The van der Waals surface area contributed by atoms with E-state index >= 15 is 0 Å². The van der Waals surface area contributed by atoms with Crippen LogP contribution in [0.4, 0.5) is 43.9 Å². The second kappa shape index (κ2) is 5.55. The summed E-state index contributed by atoms with van der Waals surface area (Å²) in [6.07, 6.45) is -11.7. The second-order valence-corrected chi connectivity index (χ2v) is 4.99. The second-order valence-electron chi connectivity index (χ2n) is 4.99. The van der Waals surface area contributed by atoms with Crippen molar-refractivity contribution in [3.05, 3.63) is 34.4 Å². The molecule has 0 aliphatic heterocycles. The van der Waals surface area contributed by atoms with Crippen LogP contribution in [0.2, 0.25) is 0 Å². The minimum atomic E-state index is -5.98. The third-order valence-electron chi connectivity index (χ3n) is 3.33. The van der Waals surface area contributed by atoms with Crippen LogP contribution in [-0.2, 0) is 11.6 Å². The summed E-state index contributed by atoms with van der Waals surface area (Å²) in [5.41, 5.74) is -9.26. The van der Waals surface area contributed by atoms with Crippen LogP contribution in [0.5, 0.6) is 0 Å². The maximum Gasteiger partial charge on any atom is 0.458 e. The van der Waals surface area contributed by atoms with Gasteiger partial charge >= 0.3 is 18.3 Å². The van der Waals surface area contributed by atoms with Gasteiger partial charge in [-0.2, -0.15) is 35.1 Å². The highest BCUT2D eigenvalue weighted by molar-refractivity contribution is 5.43. The summed E-state index contributed by atoms with van der Waals surface area (Å²) in [5.74, 6) is -5.34. The number of hydrogen-bond acceptors (Lipinski definition) is 0. The topological polar surface area (TPSA) is 0 Å². The summed E-state index contributed by atoms with van der Waals surface area (Å²) in [6, 6.07) is 0.255. The maximum atomic E-state index is 14.0. The van der Waals surface area contributed by atoms with Gasteiger partial charge in [-0.1, -0.05) is 6.07 Å². The fraction of sp³-hybridized carbons (Fsp3) is 0.538. The summed E-state index contributed by atoms with van der Waals surface area (Å²) < 4.78 is 128. The Hall–Kier alpha value is -1.48. The first kappa shape index (κ1) is 19.6. The molecule has 0 fully saturated rings. The van der Waals surface area contributed by atoms with Crippen LogP contribution in [0.25, 0.3) is 0 Å². The van der Waals surface area contributed by atoms with E-state index in [4.69, 9.17) is 0 Å². The molecule has 0 heterocycles. The van der Waals surface area contributed by atoms with Gasteiger partial charge in [0.2, 0.25) is 0 Å². The van der Waals surface area contributed by atoms with Gasteiger partial charge in [0.05, 0.1) is 0 Å². The summed E-state index contributed by atoms with van der Waals surface area (Å²) in [5, 5.41) is 0. The Morgan fingerprint density at radius 1 is 0.696 bits per heavy atom. The van der Waals surface area contributed by atoms with E-state index in [0.717, 1.165) is 0 Å². The number of hydrogen-bond donors (Lipinski definition) is 0. The minimum Gasteiger partial charge on any atom is -0.247 e. The van der Waals surface area contributed by atoms with E-state index in [1.165, 1.54) is 0 Å². The molecule has 10 heteroatoms. The lowest BCUT2D eigenvalue weighted by Crippen LogP contribution is -2.41. The monoisotopic (exact) mass is 356 g/mol. The van der Waals surface area contributed by atoms with E-state index < -0.39 is 52.9 Å². The van der Waals surface area contributed by atoms with Gasteiger partial charge in [-0.3, -0.25) is 0 Å². The number of alkyl halides is 10. The molecule has 1 atom stereocenters. The zero-order chi connectivity index (χ0) is 18.4. The number of benzene rings is 1. The molecule has 132 valence electrons. The van der Waals surface area contributed by atoms with Crippen LogP contribution in [0.3, 0.4) is 0 Å². The highest BCUT2D eigenvalue weighted by Gasteiger charge is 2.61. The largest absolute Gasteiger partial charge is 0.458 e. The van der Waals surface area contributed by atoms with E-state index in [-0.39, 0.29) is 12.1 Å². The third-order valence-corrected chi connectivity index (χ3v) is 3.33. The van der Waals surface area contributed by atoms with Crippen molar-refractivity contribution >= 4 is 0 Å². The van der Waals surface area contributed by atoms with Crippen molar-refractivity contribution in [3.63, 3.8) is 0 Å². The first-order chi connectivity index (χ1) is 10.1. The molecule has 0 aliphatic carbocycles. The molecule has 1 aromatic carbocycles. The van der Waals surface area contributed by atoms with Crippen molar-refractivity contribution in [2.75, 3.05) is 6.67 Å². The zero-order valence-electron chi connectivity index (χ0n) is 11.6. The van der Waals surface area contributed by atoms with Gasteiger partial charge < -0.3 is 0 Å². The standard InChI is InChI=1S/C13H10F10/c1-6-4-9(11(16,17)13(21,22)23)7(2)3-8(6)10(15,5-14)12(18,19)20/h3-4H,5H2,1-2H3. The van der Waals surface area contributed by atoms with E-state index in [1.54, 1.807) is 0 Å². The molecular weight excluding hydrogens is 346 g/mol. The molecule has 0 aliphatic rings. The molecule has 0 spiro atoms. The molecule has 0 saturated carbocycles. The molecule has 23 heavy (non-hydrogen) atoms. The summed E-state index contributed by atoms with van der Waals surface area (Å²) in [6.45, 7) is -1.18. The van der Waals surface area contributed by atoms with Gasteiger partial charge in [0, 0.05) is 11.1 Å². The van der Waals surface area contributed by atoms with Crippen molar-refractivity contribution in [3.8, 4) is 0 Å². The Labute approximate surface area is 124 Å². The number of aryl methyl sites for hydroxylation is 2. The number of halogens is 10. The fourth-order valence-electron chi connectivity index (χ4n) is 2.03. The molecule has 0 amide bonds. The Morgan fingerprint density at radius 2 is 1.09 bits per heavy atom. The van der Waals surface area contributed by atoms with Crippen molar-refractivity contribution < 1.29 is 43.9 Å². The van der Waals surface area contributed by atoms with Crippen molar-refractivity contribution in [1.82, 2.24) is 0 Å². The van der Waals surface area contributed by atoms with Crippen molar-refractivity contribution in [1.29, 1.82) is 0 Å². The highest BCUT2D eigenvalue weighted by atomic mass is 19.4. The van der Waals surface area contributed by atoms with Crippen LogP contribution >= 0.6 is 0 Å². The molecular formula is C13H10F10. The van der Waals surface area contributed by atoms with Gasteiger partial charge in [-0.15, -0.1) is 0 Å².